The molecule has 0 aromatic heterocycles. The van der Waals surface area contributed by atoms with Gasteiger partial charge in [-0.2, -0.15) is 0 Å². The lowest BCUT2D eigenvalue weighted by atomic mass is 9.84. The third-order valence-electron chi connectivity index (χ3n) is 3.70. The van der Waals surface area contributed by atoms with Crippen molar-refractivity contribution in [2.45, 2.75) is 57.1 Å². The van der Waals surface area contributed by atoms with Gasteiger partial charge in [0.25, 0.3) is 0 Å². The largest absolute Gasteiger partial charge is 0.348 e. The van der Waals surface area contributed by atoms with Crippen LogP contribution >= 0.6 is 0 Å². The maximum Gasteiger partial charge on any atom is 0.225 e. The van der Waals surface area contributed by atoms with Crippen LogP contribution in [0.5, 0.6) is 0 Å². The van der Waals surface area contributed by atoms with Crippen molar-refractivity contribution in [1.82, 2.24) is 4.90 Å². The van der Waals surface area contributed by atoms with Gasteiger partial charge in [-0.25, -0.2) is 0 Å². The first-order valence-electron chi connectivity index (χ1n) is 5.70. The van der Waals surface area contributed by atoms with E-state index in [1.165, 1.54) is 0 Å². The minimum Gasteiger partial charge on any atom is -0.348 e. The van der Waals surface area contributed by atoms with Crippen LogP contribution in [-0.4, -0.2) is 41.4 Å². The quantitative estimate of drug-likeness (QED) is 0.559. The van der Waals surface area contributed by atoms with E-state index in [1.54, 1.807) is 0 Å². The highest BCUT2D eigenvalue weighted by molar-refractivity contribution is 5.83. The van der Waals surface area contributed by atoms with E-state index in [9.17, 15) is 4.79 Å². The van der Waals surface area contributed by atoms with E-state index >= 15 is 0 Å². The molecule has 15 heavy (non-hydrogen) atoms. The van der Waals surface area contributed by atoms with E-state index in [4.69, 9.17) is 9.47 Å². The molecule has 4 heteroatoms. The van der Waals surface area contributed by atoms with Crippen molar-refractivity contribution in [2.75, 3.05) is 6.61 Å². The van der Waals surface area contributed by atoms with Crippen LogP contribution in [0.15, 0.2) is 0 Å². The molecular weight excluding hydrogens is 194 g/mol. The number of rotatable bonds is 0. The van der Waals surface area contributed by atoms with Crippen LogP contribution < -0.4 is 0 Å². The summed E-state index contributed by atoms with van der Waals surface area (Å²) >= 11 is 0. The molecule has 3 atom stereocenters. The summed E-state index contributed by atoms with van der Waals surface area (Å²) in [5.41, 5.74) is 0. The molecule has 3 fully saturated rings. The lowest BCUT2D eigenvalue weighted by Crippen LogP contribution is -2.68. The molecule has 0 aliphatic carbocycles. The van der Waals surface area contributed by atoms with Crippen molar-refractivity contribution in [3.8, 4) is 0 Å². The minimum absolute atomic E-state index is 0.165. The van der Waals surface area contributed by atoms with Crippen LogP contribution in [0, 0.1) is 0 Å². The fourth-order valence-electron chi connectivity index (χ4n) is 2.93. The van der Waals surface area contributed by atoms with Crippen LogP contribution in [0.2, 0.25) is 0 Å². The number of carbonyl (C=O) groups excluding carboxylic acids is 1. The van der Waals surface area contributed by atoms with Gasteiger partial charge in [-0.3, -0.25) is 4.79 Å². The zero-order chi connectivity index (χ0) is 10.6. The van der Waals surface area contributed by atoms with Crippen molar-refractivity contribution in [3.05, 3.63) is 0 Å². The van der Waals surface area contributed by atoms with E-state index in [1.807, 2.05) is 18.7 Å². The third kappa shape index (κ3) is 1.39. The first-order chi connectivity index (χ1) is 7.07. The Kier molecular flexibility index (Phi) is 1.89. The molecule has 0 aromatic carbocycles. The summed E-state index contributed by atoms with van der Waals surface area (Å²) in [4.78, 5) is 13.5. The number of fused-ring (bicyclic) bond motifs is 3. The highest BCUT2D eigenvalue weighted by Crippen LogP contribution is 2.39. The van der Waals surface area contributed by atoms with Crippen LogP contribution in [0.1, 0.15) is 33.1 Å². The predicted octanol–water partition coefficient (Wildman–Crippen LogP) is 0.901. The number of ether oxygens (including phenoxy) is 2. The van der Waals surface area contributed by atoms with Gasteiger partial charge in [0.2, 0.25) is 5.91 Å². The fraction of sp³-hybridized carbons (Fsp3) is 0.909. The van der Waals surface area contributed by atoms with E-state index < -0.39 is 5.79 Å². The molecule has 0 bridgehead atoms. The second-order valence-electron chi connectivity index (χ2n) is 5.17. The number of hydrogen-bond donors (Lipinski definition) is 0. The predicted molar refractivity (Wildman–Crippen MR) is 53.2 cm³/mol. The Morgan fingerprint density at radius 3 is 2.93 bits per heavy atom. The lowest BCUT2D eigenvalue weighted by Gasteiger charge is -2.55. The Morgan fingerprint density at radius 2 is 2.20 bits per heavy atom. The van der Waals surface area contributed by atoms with Gasteiger partial charge in [0, 0.05) is 12.5 Å². The van der Waals surface area contributed by atoms with Crippen LogP contribution in [-0.2, 0) is 14.3 Å². The molecule has 1 amide bonds. The first kappa shape index (κ1) is 9.60. The van der Waals surface area contributed by atoms with Crippen molar-refractivity contribution in [2.24, 2.45) is 0 Å². The second kappa shape index (κ2) is 2.95. The van der Waals surface area contributed by atoms with Crippen LogP contribution in [0.25, 0.3) is 0 Å². The molecule has 4 nitrogen and oxygen atoms in total. The summed E-state index contributed by atoms with van der Waals surface area (Å²) in [6.07, 6.45) is 3.05. The van der Waals surface area contributed by atoms with Gasteiger partial charge in [-0.15, -0.1) is 0 Å². The molecular formula is C11H17NO3. The van der Waals surface area contributed by atoms with Gasteiger partial charge in [0.15, 0.2) is 5.79 Å². The molecule has 3 saturated heterocycles. The van der Waals surface area contributed by atoms with E-state index in [2.05, 4.69) is 0 Å². The molecule has 0 aromatic rings. The lowest BCUT2D eigenvalue weighted by molar-refractivity contribution is -0.306. The van der Waals surface area contributed by atoms with E-state index in [0.717, 1.165) is 19.3 Å². The van der Waals surface area contributed by atoms with Gasteiger partial charge in [0.05, 0.1) is 18.8 Å². The van der Waals surface area contributed by atoms with Crippen LogP contribution in [0.3, 0.4) is 0 Å². The standard InChI is InChI=1S/C11H17NO3/c1-11(2)14-6-8-9(15-11)4-3-7-5-10(13)12(7)8/h7-9H,3-6H2,1-2H3/t7-,8-,9-/m1/s1. The van der Waals surface area contributed by atoms with Crippen molar-refractivity contribution in [1.29, 1.82) is 0 Å². The smallest absolute Gasteiger partial charge is 0.225 e. The Balaban J connectivity index is 1.78. The summed E-state index contributed by atoms with van der Waals surface area (Å²) in [7, 11) is 0. The molecule has 0 spiro atoms. The van der Waals surface area contributed by atoms with E-state index in [0.29, 0.717) is 12.6 Å². The maximum atomic E-state index is 11.5. The Hall–Kier alpha value is -0.610. The van der Waals surface area contributed by atoms with Gasteiger partial charge < -0.3 is 14.4 Å². The monoisotopic (exact) mass is 211 g/mol. The Bertz CT molecular complexity index is 302. The fourth-order valence-corrected chi connectivity index (χ4v) is 2.93. The number of piperidine rings is 1. The van der Waals surface area contributed by atoms with Gasteiger partial charge in [-0.1, -0.05) is 0 Å². The van der Waals surface area contributed by atoms with Crippen molar-refractivity contribution < 1.29 is 14.3 Å². The topological polar surface area (TPSA) is 38.8 Å². The summed E-state index contributed by atoms with van der Waals surface area (Å²) in [6, 6.07) is 0.630. The molecule has 3 aliphatic heterocycles. The summed E-state index contributed by atoms with van der Waals surface area (Å²) in [5, 5.41) is 0. The number of carbonyl (C=O) groups is 1. The minimum atomic E-state index is -0.484. The molecule has 84 valence electrons. The highest BCUT2D eigenvalue weighted by atomic mass is 16.7. The third-order valence-corrected chi connectivity index (χ3v) is 3.70. The molecule has 0 radical (unpaired) electrons. The molecule has 3 rings (SSSR count). The highest BCUT2D eigenvalue weighted by Gasteiger charge is 2.51. The van der Waals surface area contributed by atoms with Gasteiger partial charge in [-0.05, 0) is 26.7 Å². The van der Waals surface area contributed by atoms with Crippen molar-refractivity contribution >= 4 is 5.91 Å². The average Bonchev–Trinajstić information content (AvgIpc) is 2.15. The second-order valence-corrected chi connectivity index (χ2v) is 5.17. The number of nitrogens with zero attached hydrogens (tertiary/aromatic N) is 1. The number of β-lactam (4-membered cyclic amide) rings is 1. The number of amides is 1. The molecule has 3 aliphatic rings. The number of hydrogen-bond acceptors (Lipinski definition) is 3. The zero-order valence-electron chi connectivity index (χ0n) is 9.23. The molecule has 0 saturated carbocycles. The SMILES string of the molecule is CC1(C)OC[C@@H]2[C@@H](CC[C@@H]3CC(=O)N32)O1. The maximum absolute atomic E-state index is 11.5. The molecule has 0 N–H and O–H groups in total. The summed E-state index contributed by atoms with van der Waals surface area (Å²) in [5.74, 6) is -0.219. The first-order valence-corrected chi connectivity index (χ1v) is 5.70. The van der Waals surface area contributed by atoms with Crippen LogP contribution in [0.4, 0.5) is 0 Å². The Morgan fingerprint density at radius 1 is 1.40 bits per heavy atom. The van der Waals surface area contributed by atoms with Gasteiger partial charge in [0.1, 0.15) is 0 Å². The Labute approximate surface area is 89.5 Å². The summed E-state index contributed by atoms with van der Waals surface area (Å²) < 4.78 is 11.5. The van der Waals surface area contributed by atoms with Crippen molar-refractivity contribution in [3.63, 3.8) is 0 Å². The van der Waals surface area contributed by atoms with E-state index in [-0.39, 0.29) is 18.1 Å². The normalized spacial score (nSPS) is 42.9. The zero-order valence-corrected chi connectivity index (χ0v) is 9.23. The van der Waals surface area contributed by atoms with Gasteiger partial charge >= 0.3 is 0 Å². The summed E-state index contributed by atoms with van der Waals surface area (Å²) in [6.45, 7) is 4.50. The average molecular weight is 211 g/mol. The molecule has 0 unspecified atom stereocenters. The molecule has 3 heterocycles.